The average Bonchev–Trinajstić information content (AvgIpc) is 2.77. The lowest BCUT2D eigenvalue weighted by molar-refractivity contribution is -0.697. The third-order valence-corrected chi connectivity index (χ3v) is 4.97. The van der Waals surface area contributed by atoms with Gasteiger partial charge >= 0.3 is 5.69 Å². The first-order valence-electron chi connectivity index (χ1n) is 9.93. The molecule has 0 aliphatic carbocycles. The molecule has 0 amide bonds. The van der Waals surface area contributed by atoms with Crippen LogP contribution in [0.3, 0.4) is 0 Å². The van der Waals surface area contributed by atoms with E-state index in [-0.39, 0.29) is 17.1 Å². The average molecular weight is 408 g/mol. The molecule has 8 nitrogen and oxygen atoms in total. The molecule has 0 aliphatic rings. The second-order valence-corrected chi connectivity index (χ2v) is 7.07. The predicted octanol–water partition coefficient (Wildman–Crippen LogP) is 4.31. The molecular formula is C22H24N4O4+2. The Morgan fingerprint density at radius 1 is 0.800 bits per heavy atom. The van der Waals surface area contributed by atoms with Crippen LogP contribution in [-0.2, 0) is 6.54 Å². The highest BCUT2D eigenvalue weighted by molar-refractivity contribution is 5.61. The van der Waals surface area contributed by atoms with Crippen molar-refractivity contribution >= 4 is 11.4 Å². The largest absolute Gasteiger partial charge is 0.347 e. The predicted molar refractivity (Wildman–Crippen MR) is 111 cm³/mol. The summed E-state index contributed by atoms with van der Waals surface area (Å²) in [6, 6.07) is 11.5. The highest BCUT2D eigenvalue weighted by Crippen LogP contribution is 2.25. The van der Waals surface area contributed by atoms with Crippen LogP contribution in [0.5, 0.6) is 0 Å². The van der Waals surface area contributed by atoms with Gasteiger partial charge in [0.15, 0.2) is 24.8 Å². The maximum absolute atomic E-state index is 11.4. The number of pyridine rings is 2. The van der Waals surface area contributed by atoms with Gasteiger partial charge in [-0.1, -0.05) is 19.8 Å². The SMILES string of the molecule is CCCCCC[n+]1ccc(-c2cc[n+](-c3ccc([N+](=O)[O-])cc3[N+](=O)[O-])cc2)cc1. The van der Waals surface area contributed by atoms with E-state index in [4.69, 9.17) is 0 Å². The smallest absolute Gasteiger partial charge is 0.258 e. The fourth-order valence-electron chi connectivity index (χ4n) is 3.29. The summed E-state index contributed by atoms with van der Waals surface area (Å²) >= 11 is 0. The second kappa shape index (κ2) is 9.69. The number of nitro groups is 2. The number of aryl methyl sites for hydroxylation is 1. The first kappa shape index (κ1) is 21.0. The van der Waals surface area contributed by atoms with Crippen molar-refractivity contribution < 1.29 is 19.0 Å². The van der Waals surface area contributed by atoms with E-state index in [1.54, 1.807) is 17.0 Å². The van der Waals surface area contributed by atoms with E-state index in [0.29, 0.717) is 0 Å². The highest BCUT2D eigenvalue weighted by Gasteiger charge is 2.26. The van der Waals surface area contributed by atoms with Crippen LogP contribution in [0.4, 0.5) is 11.4 Å². The molecule has 0 aliphatic heterocycles. The molecule has 2 heterocycles. The normalized spacial score (nSPS) is 10.7. The van der Waals surface area contributed by atoms with Crippen LogP contribution < -0.4 is 9.13 Å². The Bertz CT molecular complexity index is 1030. The molecule has 0 bridgehead atoms. The van der Waals surface area contributed by atoms with Crippen LogP contribution in [0, 0.1) is 20.2 Å². The number of hydrogen-bond acceptors (Lipinski definition) is 4. The molecule has 0 atom stereocenters. The van der Waals surface area contributed by atoms with Crippen LogP contribution in [0.1, 0.15) is 32.6 Å². The van der Waals surface area contributed by atoms with Gasteiger partial charge in [0.2, 0.25) is 0 Å². The van der Waals surface area contributed by atoms with E-state index >= 15 is 0 Å². The van der Waals surface area contributed by atoms with Crippen molar-refractivity contribution in [2.75, 3.05) is 0 Å². The second-order valence-electron chi connectivity index (χ2n) is 7.07. The number of nitrogens with zero attached hydrogens (tertiary/aromatic N) is 4. The summed E-state index contributed by atoms with van der Waals surface area (Å²) in [5.41, 5.74) is 1.68. The van der Waals surface area contributed by atoms with Crippen molar-refractivity contribution in [3.8, 4) is 16.8 Å². The molecule has 0 spiro atoms. The lowest BCUT2D eigenvalue weighted by Crippen LogP contribution is -2.32. The van der Waals surface area contributed by atoms with Crippen LogP contribution in [0.15, 0.2) is 67.3 Å². The van der Waals surface area contributed by atoms with Gasteiger partial charge in [0.05, 0.1) is 9.85 Å². The first-order chi connectivity index (χ1) is 14.5. The van der Waals surface area contributed by atoms with Gasteiger partial charge < -0.3 is 0 Å². The quantitative estimate of drug-likeness (QED) is 0.228. The first-order valence-corrected chi connectivity index (χ1v) is 9.93. The number of nitro benzene ring substituents is 2. The number of rotatable bonds is 9. The minimum atomic E-state index is -0.643. The number of hydrogen-bond donors (Lipinski definition) is 0. The van der Waals surface area contributed by atoms with Crippen molar-refractivity contribution in [3.63, 3.8) is 0 Å². The van der Waals surface area contributed by atoms with Gasteiger partial charge in [-0.05, 0) is 17.5 Å². The summed E-state index contributed by atoms with van der Waals surface area (Å²) < 4.78 is 3.75. The Morgan fingerprint density at radius 3 is 2.00 bits per heavy atom. The number of benzene rings is 1. The van der Waals surface area contributed by atoms with Crippen molar-refractivity contribution in [1.29, 1.82) is 0 Å². The standard InChI is InChI=1S/C22H24N4O4/c1-2-3-4-5-12-23-13-8-18(9-14-23)19-10-15-24(16-11-19)21-7-6-20(25(27)28)17-22(21)26(29)30/h6-11,13-17H,2-5,12H2,1H3/q+2. The van der Waals surface area contributed by atoms with E-state index < -0.39 is 9.85 Å². The van der Waals surface area contributed by atoms with Gasteiger partial charge in [0, 0.05) is 42.8 Å². The van der Waals surface area contributed by atoms with Crippen LogP contribution in [0.25, 0.3) is 16.8 Å². The molecule has 2 aromatic heterocycles. The maximum atomic E-state index is 11.4. The topological polar surface area (TPSA) is 94.0 Å². The number of unbranched alkanes of at least 4 members (excludes halogenated alkanes) is 3. The van der Waals surface area contributed by atoms with E-state index in [2.05, 4.69) is 23.9 Å². The molecule has 0 unspecified atom stereocenters. The zero-order valence-electron chi connectivity index (χ0n) is 16.8. The fraction of sp³-hybridized carbons (Fsp3) is 0.273. The third-order valence-electron chi connectivity index (χ3n) is 4.97. The molecule has 1 aromatic carbocycles. The molecular weight excluding hydrogens is 384 g/mol. The van der Waals surface area contributed by atoms with Gasteiger partial charge in [0.25, 0.3) is 11.4 Å². The molecule has 0 fully saturated rings. The number of non-ortho nitro benzene ring substituents is 1. The van der Waals surface area contributed by atoms with Gasteiger partial charge in [-0.3, -0.25) is 20.2 Å². The molecule has 0 saturated heterocycles. The molecule has 0 saturated carbocycles. The number of aromatic nitrogens is 2. The Balaban J connectivity index is 1.78. The van der Waals surface area contributed by atoms with Gasteiger partial charge in [-0.25, -0.2) is 4.57 Å². The van der Waals surface area contributed by atoms with Gasteiger partial charge in [0.1, 0.15) is 12.6 Å². The van der Waals surface area contributed by atoms with Crippen molar-refractivity contribution in [2.24, 2.45) is 0 Å². The minimum absolute atomic E-state index is 0.273. The summed E-state index contributed by atoms with van der Waals surface area (Å²) in [5, 5.41) is 22.3. The maximum Gasteiger partial charge on any atom is 0.347 e. The monoisotopic (exact) mass is 408 g/mol. The van der Waals surface area contributed by atoms with Crippen LogP contribution in [0.2, 0.25) is 0 Å². The Hall–Kier alpha value is -3.68. The Kier molecular flexibility index (Phi) is 6.79. The van der Waals surface area contributed by atoms with E-state index in [1.165, 1.54) is 31.4 Å². The molecule has 3 aromatic rings. The lowest BCUT2D eigenvalue weighted by Gasteiger charge is -2.02. The Morgan fingerprint density at radius 2 is 1.43 bits per heavy atom. The fourth-order valence-corrected chi connectivity index (χ4v) is 3.29. The summed E-state index contributed by atoms with van der Waals surface area (Å²) in [6.45, 7) is 3.20. The Labute approximate surface area is 174 Å². The third kappa shape index (κ3) is 5.02. The van der Waals surface area contributed by atoms with Gasteiger partial charge in [-0.2, -0.15) is 4.57 Å². The summed E-state index contributed by atoms with van der Waals surface area (Å²) in [6.07, 6.45) is 12.4. The summed E-state index contributed by atoms with van der Waals surface area (Å²) in [7, 11) is 0. The van der Waals surface area contributed by atoms with Gasteiger partial charge in [-0.15, -0.1) is 0 Å². The van der Waals surface area contributed by atoms with E-state index in [1.807, 2.05) is 24.3 Å². The lowest BCUT2D eigenvalue weighted by atomic mass is 10.1. The highest BCUT2D eigenvalue weighted by atomic mass is 16.6. The van der Waals surface area contributed by atoms with Crippen molar-refractivity contribution in [1.82, 2.24) is 0 Å². The molecule has 30 heavy (non-hydrogen) atoms. The molecule has 0 N–H and O–H groups in total. The molecule has 8 heteroatoms. The zero-order valence-corrected chi connectivity index (χ0v) is 16.8. The summed E-state index contributed by atoms with van der Waals surface area (Å²) in [4.78, 5) is 21.0. The van der Waals surface area contributed by atoms with E-state index in [9.17, 15) is 20.2 Å². The van der Waals surface area contributed by atoms with E-state index in [0.717, 1.165) is 30.2 Å². The van der Waals surface area contributed by atoms with Crippen LogP contribution >= 0.6 is 0 Å². The van der Waals surface area contributed by atoms with Crippen molar-refractivity contribution in [3.05, 3.63) is 87.5 Å². The molecule has 3 rings (SSSR count). The summed E-state index contributed by atoms with van der Waals surface area (Å²) in [5.74, 6) is 0. The molecule has 154 valence electrons. The van der Waals surface area contributed by atoms with Crippen LogP contribution in [-0.4, -0.2) is 9.85 Å². The molecule has 0 radical (unpaired) electrons. The minimum Gasteiger partial charge on any atom is -0.258 e. The van der Waals surface area contributed by atoms with Crippen molar-refractivity contribution in [2.45, 2.75) is 39.2 Å². The zero-order chi connectivity index (χ0) is 21.5.